The molecule has 2 heterocycles. The van der Waals surface area contributed by atoms with E-state index in [0.717, 1.165) is 17.1 Å². The summed E-state index contributed by atoms with van der Waals surface area (Å²) in [7, 11) is 0. The number of benzene rings is 8. The molecule has 2 aromatic heterocycles. The van der Waals surface area contributed by atoms with Crippen LogP contribution in [0.1, 0.15) is 0 Å². The van der Waals surface area contributed by atoms with Crippen molar-refractivity contribution in [2.45, 2.75) is 0 Å². The van der Waals surface area contributed by atoms with E-state index in [2.05, 4.69) is 204 Å². The number of hydrogen-bond donors (Lipinski definition) is 0. The average Bonchev–Trinajstić information content (AvgIpc) is 3.75. The number of nitrogens with zero attached hydrogens (tertiary/aromatic N) is 2. The van der Waals surface area contributed by atoms with E-state index in [-0.39, 0.29) is 0 Å². The van der Waals surface area contributed by atoms with Crippen molar-refractivity contribution in [3.05, 3.63) is 194 Å². The van der Waals surface area contributed by atoms with E-state index >= 15 is 0 Å². The van der Waals surface area contributed by atoms with Crippen LogP contribution in [-0.4, -0.2) is 4.57 Å². The number of anilines is 3. The van der Waals surface area contributed by atoms with Crippen LogP contribution in [0.3, 0.4) is 0 Å². The maximum absolute atomic E-state index is 2.44. The van der Waals surface area contributed by atoms with E-state index in [1.807, 2.05) is 11.3 Å². The van der Waals surface area contributed by atoms with Gasteiger partial charge in [0.2, 0.25) is 0 Å². The molecule has 0 amide bonds. The second kappa shape index (κ2) is 12.2. The van der Waals surface area contributed by atoms with Gasteiger partial charge in [0.05, 0.1) is 21.4 Å². The molecular formula is C48H32N2S. The van der Waals surface area contributed by atoms with E-state index in [1.165, 1.54) is 69.9 Å². The Labute approximate surface area is 300 Å². The van der Waals surface area contributed by atoms with E-state index in [4.69, 9.17) is 0 Å². The largest absolute Gasteiger partial charge is 0.309 e. The van der Waals surface area contributed by atoms with Crippen molar-refractivity contribution in [1.82, 2.24) is 4.57 Å². The SMILES string of the molecule is c1ccc(-c2ccc(N(c3ccc4c5c(-c6ccccc6)cccc5n(-c5ccccc5)c4c3)c3cccc4c3sc3ccccc34)cc2)cc1. The minimum absolute atomic E-state index is 1.11. The number of fused-ring (bicyclic) bond motifs is 6. The van der Waals surface area contributed by atoms with Crippen molar-refractivity contribution in [3.63, 3.8) is 0 Å². The van der Waals surface area contributed by atoms with Gasteiger partial charge in [-0.05, 0) is 76.9 Å². The highest BCUT2D eigenvalue weighted by molar-refractivity contribution is 7.26. The topological polar surface area (TPSA) is 8.17 Å². The Hall–Kier alpha value is -6.42. The van der Waals surface area contributed by atoms with Crippen LogP contribution < -0.4 is 4.90 Å². The van der Waals surface area contributed by atoms with Gasteiger partial charge in [-0.15, -0.1) is 11.3 Å². The Morgan fingerprint density at radius 3 is 1.82 bits per heavy atom. The standard InChI is InChI=1S/C48H32N2S/c1-4-14-33(15-5-1)34-26-28-37(29-27-34)49(44-24-13-22-41-40-20-10-11-25-46(40)51-48(41)44)38-30-31-42-45(32-38)50(36-18-8-3-9-19-36)43-23-12-21-39(47(42)43)35-16-6-2-7-17-35/h1-32H. The Morgan fingerprint density at radius 2 is 1.04 bits per heavy atom. The molecule has 0 aliphatic rings. The fraction of sp³-hybridized carbons (Fsp3) is 0. The van der Waals surface area contributed by atoms with E-state index in [0.29, 0.717) is 0 Å². The summed E-state index contributed by atoms with van der Waals surface area (Å²) >= 11 is 1.87. The number of hydrogen-bond acceptors (Lipinski definition) is 2. The van der Waals surface area contributed by atoms with Crippen LogP contribution in [0, 0.1) is 0 Å². The molecule has 0 spiro atoms. The van der Waals surface area contributed by atoms with Crippen molar-refractivity contribution in [2.75, 3.05) is 4.90 Å². The first-order valence-electron chi connectivity index (χ1n) is 17.4. The Balaban J connectivity index is 1.25. The van der Waals surface area contributed by atoms with Crippen molar-refractivity contribution < 1.29 is 0 Å². The monoisotopic (exact) mass is 668 g/mol. The lowest BCUT2D eigenvalue weighted by Gasteiger charge is -2.26. The van der Waals surface area contributed by atoms with Crippen LogP contribution in [0.15, 0.2) is 194 Å². The van der Waals surface area contributed by atoms with Crippen molar-refractivity contribution in [3.8, 4) is 27.9 Å². The van der Waals surface area contributed by atoms with Gasteiger partial charge >= 0.3 is 0 Å². The summed E-state index contributed by atoms with van der Waals surface area (Å²) < 4.78 is 5.01. The maximum Gasteiger partial charge on any atom is 0.0640 e. The first-order valence-corrected chi connectivity index (χ1v) is 18.2. The number of rotatable bonds is 6. The summed E-state index contributed by atoms with van der Waals surface area (Å²) in [5, 5.41) is 5.08. The molecule has 10 rings (SSSR count). The lowest BCUT2D eigenvalue weighted by Crippen LogP contribution is -2.10. The summed E-state index contributed by atoms with van der Waals surface area (Å²) in [6.45, 7) is 0. The van der Waals surface area contributed by atoms with Crippen LogP contribution in [0.5, 0.6) is 0 Å². The predicted octanol–water partition coefficient (Wildman–Crippen LogP) is 14.0. The highest BCUT2D eigenvalue weighted by atomic mass is 32.1. The molecule has 3 heteroatoms. The molecule has 240 valence electrons. The molecule has 0 saturated heterocycles. The lowest BCUT2D eigenvalue weighted by molar-refractivity contribution is 1.18. The zero-order chi connectivity index (χ0) is 33.7. The minimum atomic E-state index is 1.11. The van der Waals surface area contributed by atoms with Gasteiger partial charge < -0.3 is 9.47 Å². The van der Waals surface area contributed by atoms with Crippen LogP contribution in [0.2, 0.25) is 0 Å². The Kier molecular flexibility index (Phi) is 7.04. The smallest absolute Gasteiger partial charge is 0.0640 e. The fourth-order valence-corrected chi connectivity index (χ4v) is 8.88. The quantitative estimate of drug-likeness (QED) is 0.171. The molecule has 0 bridgehead atoms. The Morgan fingerprint density at radius 1 is 0.412 bits per heavy atom. The van der Waals surface area contributed by atoms with Crippen LogP contribution in [0.4, 0.5) is 17.1 Å². The van der Waals surface area contributed by atoms with Crippen molar-refractivity contribution >= 4 is 70.4 Å². The first kappa shape index (κ1) is 29.5. The molecule has 0 radical (unpaired) electrons. The van der Waals surface area contributed by atoms with Crippen molar-refractivity contribution in [1.29, 1.82) is 0 Å². The van der Waals surface area contributed by atoms with E-state index in [9.17, 15) is 0 Å². The predicted molar refractivity (Wildman–Crippen MR) is 219 cm³/mol. The summed E-state index contributed by atoms with van der Waals surface area (Å²) in [4.78, 5) is 2.44. The third-order valence-corrected chi connectivity index (χ3v) is 11.2. The molecule has 0 saturated carbocycles. The van der Waals surface area contributed by atoms with Gasteiger partial charge in [-0.25, -0.2) is 0 Å². The molecule has 0 N–H and O–H groups in total. The molecule has 0 fully saturated rings. The average molecular weight is 669 g/mol. The van der Waals surface area contributed by atoms with E-state index < -0.39 is 0 Å². The summed E-state index contributed by atoms with van der Waals surface area (Å²) in [6.07, 6.45) is 0. The maximum atomic E-state index is 2.44. The third kappa shape index (κ3) is 4.93. The minimum Gasteiger partial charge on any atom is -0.309 e. The molecule has 0 unspecified atom stereocenters. The fourth-order valence-electron chi connectivity index (χ4n) is 7.68. The van der Waals surface area contributed by atoms with E-state index in [1.54, 1.807) is 0 Å². The lowest BCUT2D eigenvalue weighted by atomic mass is 9.99. The van der Waals surface area contributed by atoms with Crippen LogP contribution >= 0.6 is 11.3 Å². The van der Waals surface area contributed by atoms with Gasteiger partial charge in [0, 0.05) is 43.3 Å². The summed E-state index contributed by atoms with van der Waals surface area (Å²) in [6, 6.07) is 70.3. The van der Waals surface area contributed by atoms with Gasteiger partial charge in [-0.3, -0.25) is 0 Å². The van der Waals surface area contributed by atoms with Gasteiger partial charge in [-0.1, -0.05) is 140 Å². The molecule has 8 aromatic carbocycles. The second-order valence-corrected chi connectivity index (χ2v) is 14.0. The van der Waals surface area contributed by atoms with Gasteiger partial charge in [0.15, 0.2) is 0 Å². The summed E-state index contributed by atoms with van der Waals surface area (Å²) in [5.41, 5.74) is 11.8. The Bertz CT molecular complexity index is 2830. The summed E-state index contributed by atoms with van der Waals surface area (Å²) in [5.74, 6) is 0. The third-order valence-electron chi connectivity index (χ3n) is 9.99. The first-order chi connectivity index (χ1) is 25.3. The number of thiophene rings is 1. The van der Waals surface area contributed by atoms with Gasteiger partial charge in [0.25, 0.3) is 0 Å². The zero-order valence-electron chi connectivity index (χ0n) is 27.8. The molecule has 0 aliphatic heterocycles. The molecule has 2 nitrogen and oxygen atoms in total. The van der Waals surface area contributed by atoms with Crippen LogP contribution in [0.25, 0.3) is 69.9 Å². The highest BCUT2D eigenvalue weighted by Crippen LogP contribution is 2.47. The zero-order valence-corrected chi connectivity index (χ0v) is 28.6. The molecule has 0 aliphatic carbocycles. The molecular weight excluding hydrogens is 637 g/mol. The second-order valence-electron chi connectivity index (χ2n) is 12.9. The van der Waals surface area contributed by atoms with Gasteiger partial charge in [-0.2, -0.15) is 0 Å². The van der Waals surface area contributed by atoms with Crippen LogP contribution in [-0.2, 0) is 0 Å². The highest BCUT2D eigenvalue weighted by Gasteiger charge is 2.21. The number of aromatic nitrogens is 1. The molecule has 51 heavy (non-hydrogen) atoms. The number of para-hydroxylation sites is 1. The molecule has 10 aromatic rings. The van der Waals surface area contributed by atoms with Gasteiger partial charge in [0.1, 0.15) is 0 Å². The normalized spacial score (nSPS) is 11.5. The molecule has 0 atom stereocenters. The van der Waals surface area contributed by atoms with Crippen molar-refractivity contribution in [2.24, 2.45) is 0 Å².